The molecule has 0 spiro atoms. The number of benzene rings is 1. The summed E-state index contributed by atoms with van der Waals surface area (Å²) in [6, 6.07) is 4.03. The van der Waals surface area contributed by atoms with Gasteiger partial charge in [0, 0.05) is 12.7 Å². The van der Waals surface area contributed by atoms with E-state index in [0.717, 1.165) is 0 Å². The quantitative estimate of drug-likeness (QED) is 0.892. The maximum Gasteiger partial charge on any atom is 0.224 e. The zero-order valence-corrected chi connectivity index (χ0v) is 11.6. The first-order chi connectivity index (χ1) is 9.10. The van der Waals surface area contributed by atoms with Crippen molar-refractivity contribution in [1.82, 2.24) is 9.97 Å². The summed E-state index contributed by atoms with van der Waals surface area (Å²) in [5.74, 6) is 0.514. The van der Waals surface area contributed by atoms with Crippen LogP contribution in [0.5, 0.6) is 0 Å². The van der Waals surface area contributed by atoms with Crippen molar-refractivity contribution in [1.29, 1.82) is 0 Å². The molecule has 0 saturated carbocycles. The molecule has 2 rings (SSSR count). The summed E-state index contributed by atoms with van der Waals surface area (Å²) in [6.07, 6.45) is 1.60. The molecular weight excluding hydrogens is 290 g/mol. The molecule has 0 aliphatic rings. The first-order valence-electron chi connectivity index (χ1n) is 5.58. The van der Waals surface area contributed by atoms with Crippen molar-refractivity contribution >= 4 is 40.7 Å². The van der Waals surface area contributed by atoms with Crippen LogP contribution in [0.25, 0.3) is 0 Å². The standard InChI is InChI=1S/C12H11Cl2FN4/c1-2-16-12-17-4-3-10(19-12)18-11-8(13)5-7(15)6-9(11)14/h3-6H,2H2,1H3,(H2,16,17,18,19). The van der Waals surface area contributed by atoms with E-state index in [-0.39, 0.29) is 10.0 Å². The Morgan fingerprint density at radius 3 is 2.58 bits per heavy atom. The molecule has 2 N–H and O–H groups in total. The average Bonchev–Trinajstić information content (AvgIpc) is 2.35. The number of halogens is 3. The molecule has 1 aromatic carbocycles. The first-order valence-corrected chi connectivity index (χ1v) is 6.34. The van der Waals surface area contributed by atoms with Crippen LogP contribution in [0.15, 0.2) is 24.4 Å². The van der Waals surface area contributed by atoms with Crippen molar-refractivity contribution in [3.8, 4) is 0 Å². The van der Waals surface area contributed by atoms with Crippen LogP contribution in [0.2, 0.25) is 10.0 Å². The normalized spacial score (nSPS) is 10.3. The van der Waals surface area contributed by atoms with Crippen LogP contribution >= 0.6 is 23.2 Å². The fourth-order valence-corrected chi connectivity index (χ4v) is 2.02. The Morgan fingerprint density at radius 2 is 1.95 bits per heavy atom. The summed E-state index contributed by atoms with van der Waals surface area (Å²) >= 11 is 11.9. The number of nitrogens with one attached hydrogen (secondary N) is 2. The minimum atomic E-state index is -0.489. The van der Waals surface area contributed by atoms with Gasteiger partial charge >= 0.3 is 0 Å². The van der Waals surface area contributed by atoms with E-state index in [9.17, 15) is 4.39 Å². The van der Waals surface area contributed by atoms with E-state index >= 15 is 0 Å². The van der Waals surface area contributed by atoms with Crippen LogP contribution < -0.4 is 10.6 Å². The highest BCUT2D eigenvalue weighted by atomic mass is 35.5. The Kier molecular flexibility index (Phi) is 4.39. The third-order valence-corrected chi connectivity index (χ3v) is 2.85. The summed E-state index contributed by atoms with van der Waals surface area (Å²) in [5, 5.41) is 6.31. The second kappa shape index (κ2) is 6.04. The predicted molar refractivity (Wildman–Crippen MR) is 75.9 cm³/mol. The smallest absolute Gasteiger partial charge is 0.224 e. The number of anilines is 3. The number of nitrogens with zero attached hydrogens (tertiary/aromatic N) is 2. The van der Waals surface area contributed by atoms with Crippen molar-refractivity contribution in [3.63, 3.8) is 0 Å². The van der Waals surface area contributed by atoms with E-state index in [0.29, 0.717) is 24.0 Å². The molecule has 0 aliphatic heterocycles. The van der Waals surface area contributed by atoms with E-state index in [1.54, 1.807) is 12.3 Å². The van der Waals surface area contributed by atoms with Crippen molar-refractivity contribution in [2.75, 3.05) is 17.2 Å². The highest BCUT2D eigenvalue weighted by Gasteiger charge is 2.09. The molecule has 0 unspecified atom stereocenters. The van der Waals surface area contributed by atoms with Gasteiger partial charge in [-0.1, -0.05) is 23.2 Å². The second-order valence-electron chi connectivity index (χ2n) is 3.67. The molecule has 0 radical (unpaired) electrons. The van der Waals surface area contributed by atoms with Gasteiger partial charge in [0.25, 0.3) is 0 Å². The van der Waals surface area contributed by atoms with Gasteiger partial charge in [-0.25, -0.2) is 9.37 Å². The lowest BCUT2D eigenvalue weighted by atomic mass is 10.3. The Bertz CT molecular complexity index is 569. The zero-order valence-electron chi connectivity index (χ0n) is 10.0. The minimum Gasteiger partial charge on any atom is -0.354 e. The van der Waals surface area contributed by atoms with Gasteiger partial charge in [0.1, 0.15) is 11.6 Å². The van der Waals surface area contributed by atoms with Crippen molar-refractivity contribution < 1.29 is 4.39 Å². The second-order valence-corrected chi connectivity index (χ2v) is 4.48. The molecule has 0 aliphatic carbocycles. The van der Waals surface area contributed by atoms with Gasteiger partial charge in [0.05, 0.1) is 15.7 Å². The van der Waals surface area contributed by atoms with Crippen molar-refractivity contribution in [2.45, 2.75) is 6.92 Å². The minimum absolute atomic E-state index is 0.189. The number of rotatable bonds is 4. The van der Waals surface area contributed by atoms with Crippen LogP contribution in [-0.2, 0) is 0 Å². The molecule has 0 atom stereocenters. The van der Waals surface area contributed by atoms with Gasteiger partial charge in [-0.3, -0.25) is 0 Å². The Morgan fingerprint density at radius 1 is 1.26 bits per heavy atom. The van der Waals surface area contributed by atoms with Gasteiger partial charge in [-0.15, -0.1) is 0 Å². The Balaban J connectivity index is 2.28. The monoisotopic (exact) mass is 300 g/mol. The summed E-state index contributed by atoms with van der Waals surface area (Å²) in [6.45, 7) is 2.65. The first kappa shape index (κ1) is 13.8. The maximum absolute atomic E-state index is 13.1. The highest BCUT2D eigenvalue weighted by Crippen LogP contribution is 2.33. The van der Waals surface area contributed by atoms with Crippen molar-refractivity contribution in [2.24, 2.45) is 0 Å². The van der Waals surface area contributed by atoms with Crippen LogP contribution in [0, 0.1) is 5.82 Å². The van der Waals surface area contributed by atoms with Crippen LogP contribution in [0.4, 0.5) is 21.8 Å². The third-order valence-electron chi connectivity index (χ3n) is 2.25. The highest BCUT2D eigenvalue weighted by molar-refractivity contribution is 6.39. The molecule has 2 aromatic rings. The molecular formula is C12H11Cl2FN4. The molecule has 19 heavy (non-hydrogen) atoms. The lowest BCUT2D eigenvalue weighted by Gasteiger charge is -2.10. The van der Waals surface area contributed by atoms with Gasteiger partial charge in [0.2, 0.25) is 5.95 Å². The Labute approximate surface area is 120 Å². The average molecular weight is 301 g/mol. The molecule has 100 valence electrons. The predicted octanol–water partition coefficient (Wildman–Crippen LogP) is 4.10. The Hall–Kier alpha value is -1.59. The van der Waals surface area contributed by atoms with Gasteiger partial charge in [-0.05, 0) is 25.1 Å². The lowest BCUT2D eigenvalue weighted by molar-refractivity contribution is 0.628. The fraction of sp³-hybridized carbons (Fsp3) is 0.167. The van der Waals surface area contributed by atoms with E-state index in [1.807, 2.05) is 6.92 Å². The molecule has 0 amide bonds. The lowest BCUT2D eigenvalue weighted by Crippen LogP contribution is -2.04. The van der Waals surface area contributed by atoms with Crippen molar-refractivity contribution in [3.05, 3.63) is 40.3 Å². The summed E-state index contributed by atoms with van der Waals surface area (Å²) in [7, 11) is 0. The number of hydrogen-bond donors (Lipinski definition) is 2. The van der Waals surface area contributed by atoms with Crippen LogP contribution in [-0.4, -0.2) is 16.5 Å². The van der Waals surface area contributed by atoms with E-state index in [4.69, 9.17) is 23.2 Å². The van der Waals surface area contributed by atoms with Gasteiger partial charge in [-0.2, -0.15) is 4.98 Å². The summed E-state index contributed by atoms with van der Waals surface area (Å²) < 4.78 is 13.1. The SMILES string of the molecule is CCNc1nccc(Nc2c(Cl)cc(F)cc2Cl)n1. The molecule has 1 aromatic heterocycles. The molecule has 4 nitrogen and oxygen atoms in total. The van der Waals surface area contributed by atoms with Gasteiger partial charge < -0.3 is 10.6 Å². The molecule has 0 bridgehead atoms. The number of aromatic nitrogens is 2. The van der Waals surface area contributed by atoms with E-state index in [1.165, 1.54) is 12.1 Å². The van der Waals surface area contributed by atoms with Crippen LogP contribution in [0.1, 0.15) is 6.92 Å². The van der Waals surface area contributed by atoms with E-state index in [2.05, 4.69) is 20.6 Å². The topological polar surface area (TPSA) is 49.8 Å². The maximum atomic E-state index is 13.1. The summed E-state index contributed by atoms with van der Waals surface area (Å²) in [4.78, 5) is 8.26. The van der Waals surface area contributed by atoms with E-state index < -0.39 is 5.82 Å². The molecule has 0 saturated heterocycles. The molecule has 0 fully saturated rings. The fourth-order valence-electron chi connectivity index (χ4n) is 1.46. The summed E-state index contributed by atoms with van der Waals surface area (Å²) in [5.41, 5.74) is 0.408. The van der Waals surface area contributed by atoms with Crippen LogP contribution in [0.3, 0.4) is 0 Å². The zero-order chi connectivity index (χ0) is 13.8. The number of hydrogen-bond acceptors (Lipinski definition) is 4. The molecule has 7 heteroatoms. The molecule has 1 heterocycles. The third kappa shape index (κ3) is 3.45. The van der Waals surface area contributed by atoms with Gasteiger partial charge in [0.15, 0.2) is 0 Å². The largest absolute Gasteiger partial charge is 0.354 e.